The van der Waals surface area contributed by atoms with Crippen LogP contribution in [-0.2, 0) is 17.1 Å². The van der Waals surface area contributed by atoms with E-state index in [0.29, 0.717) is 6.92 Å². The number of alkyl halides is 3. The van der Waals surface area contributed by atoms with E-state index in [1.54, 1.807) is 0 Å². The molecule has 1 unspecified atom stereocenters. The first kappa shape index (κ1) is 22.6. The average molecular weight is 454 g/mol. The van der Waals surface area contributed by atoms with Gasteiger partial charge >= 0.3 is 6.18 Å². The molecular formula is C15H12ClF4N5O3S. The smallest absolute Gasteiger partial charge is 0.344 e. The molecule has 2 aromatic rings. The van der Waals surface area contributed by atoms with Crippen LogP contribution in [0.2, 0.25) is 5.02 Å². The number of carbonyl (C=O) groups excluding carboxylic acids is 1. The number of nitrogens with zero attached hydrogens (tertiary/aromatic N) is 3. The second-order valence-corrected chi connectivity index (χ2v) is 7.80. The van der Waals surface area contributed by atoms with Gasteiger partial charge in [-0.15, -0.1) is 0 Å². The minimum atomic E-state index is -4.84. The zero-order chi connectivity index (χ0) is 22.1. The highest BCUT2D eigenvalue weighted by atomic mass is 35.5. The van der Waals surface area contributed by atoms with Crippen LogP contribution >= 0.6 is 11.6 Å². The fourth-order valence-electron chi connectivity index (χ4n) is 2.18. The summed E-state index contributed by atoms with van der Waals surface area (Å²) in [7, 11) is -3.51. The van der Waals surface area contributed by atoms with Gasteiger partial charge in [0.1, 0.15) is 22.7 Å². The van der Waals surface area contributed by atoms with Crippen LogP contribution < -0.4 is 10.0 Å². The highest BCUT2D eigenvalue weighted by molar-refractivity contribution is 7.89. The third-order valence-electron chi connectivity index (χ3n) is 3.66. The van der Waals surface area contributed by atoms with Gasteiger partial charge in [-0.2, -0.15) is 23.2 Å². The van der Waals surface area contributed by atoms with E-state index >= 15 is 0 Å². The van der Waals surface area contributed by atoms with Gasteiger partial charge < -0.3 is 9.88 Å². The molecule has 0 aliphatic heterocycles. The Hall–Kier alpha value is -2.69. The number of sulfonamides is 1. The summed E-state index contributed by atoms with van der Waals surface area (Å²) in [6.45, 7) is 0.598. The third-order valence-corrected chi connectivity index (χ3v) is 5.71. The number of amides is 1. The van der Waals surface area contributed by atoms with Gasteiger partial charge in [0.05, 0.1) is 10.7 Å². The molecule has 0 radical (unpaired) electrons. The monoisotopic (exact) mass is 453 g/mol. The van der Waals surface area contributed by atoms with Gasteiger partial charge in [-0.05, 0) is 13.0 Å². The lowest BCUT2D eigenvalue weighted by molar-refractivity contribution is -0.147. The molecule has 0 bridgehead atoms. The number of anilines is 1. The first-order valence-electron chi connectivity index (χ1n) is 7.59. The maximum Gasteiger partial charge on any atom is 0.404 e. The Labute approximate surface area is 167 Å². The molecule has 2 aromatic heterocycles. The van der Waals surface area contributed by atoms with Crippen LogP contribution in [-0.4, -0.2) is 36.1 Å². The van der Waals surface area contributed by atoms with Crippen LogP contribution in [0.15, 0.2) is 23.4 Å². The molecule has 0 fully saturated rings. The van der Waals surface area contributed by atoms with Gasteiger partial charge in [-0.1, -0.05) is 11.6 Å². The number of hydrogen-bond acceptors (Lipinski definition) is 5. The zero-order valence-corrected chi connectivity index (χ0v) is 16.2. The fourth-order valence-corrected chi connectivity index (χ4v) is 4.11. The second-order valence-electron chi connectivity index (χ2n) is 5.74. The SMILES string of the molecule is CC(NS(=O)(=O)c1cn(C)c(C(=O)Nc2ccnc(C#N)c2F)c1Cl)C(F)(F)F. The Morgan fingerprint density at radius 3 is 2.59 bits per heavy atom. The number of halogens is 5. The van der Waals surface area contributed by atoms with Crippen LogP contribution in [0.4, 0.5) is 23.2 Å². The van der Waals surface area contributed by atoms with Crippen LogP contribution in [0, 0.1) is 17.1 Å². The molecule has 0 aromatic carbocycles. The molecule has 0 aliphatic rings. The number of nitriles is 1. The molecule has 0 aliphatic carbocycles. The standard InChI is InChI=1S/C15H12ClF4N5O3S/c1-7(15(18,19)20)24-29(27,28)10-6-25(2)13(11(10)16)14(26)23-8-3-4-22-9(5-21)12(8)17/h3-4,6-7,24H,1-2H3,(H,22,23,26). The fraction of sp³-hybridized carbons (Fsp3) is 0.267. The summed E-state index contributed by atoms with van der Waals surface area (Å²) in [5.41, 5.74) is -1.47. The van der Waals surface area contributed by atoms with E-state index in [9.17, 15) is 30.8 Å². The Kier molecular flexibility index (Phi) is 6.21. The summed E-state index contributed by atoms with van der Waals surface area (Å²) in [6, 6.07) is 0.122. The predicted molar refractivity (Wildman–Crippen MR) is 93.1 cm³/mol. The van der Waals surface area contributed by atoms with Crippen molar-refractivity contribution in [2.75, 3.05) is 5.32 Å². The Balaban J connectivity index is 2.39. The van der Waals surface area contributed by atoms with Gasteiger partial charge in [0, 0.05) is 19.4 Å². The van der Waals surface area contributed by atoms with E-state index in [4.69, 9.17) is 16.9 Å². The van der Waals surface area contributed by atoms with E-state index < -0.39 is 61.0 Å². The quantitative estimate of drug-likeness (QED) is 0.675. The van der Waals surface area contributed by atoms with Crippen molar-refractivity contribution in [1.82, 2.24) is 14.3 Å². The average Bonchev–Trinajstić information content (AvgIpc) is 2.91. The van der Waals surface area contributed by atoms with Gasteiger partial charge in [0.25, 0.3) is 5.91 Å². The number of pyridine rings is 1. The molecular weight excluding hydrogens is 442 g/mol. The van der Waals surface area contributed by atoms with E-state index in [0.717, 1.165) is 23.0 Å². The lowest BCUT2D eigenvalue weighted by Crippen LogP contribution is -2.42. The molecule has 1 amide bonds. The maximum atomic E-state index is 14.0. The van der Waals surface area contributed by atoms with Crippen molar-refractivity contribution in [3.63, 3.8) is 0 Å². The van der Waals surface area contributed by atoms with Crippen LogP contribution in [0.3, 0.4) is 0 Å². The Morgan fingerprint density at radius 2 is 2.03 bits per heavy atom. The number of rotatable bonds is 5. The first-order valence-corrected chi connectivity index (χ1v) is 9.45. The van der Waals surface area contributed by atoms with Gasteiger partial charge in [0.15, 0.2) is 11.5 Å². The summed E-state index contributed by atoms with van der Waals surface area (Å²) in [4.78, 5) is 15.1. The van der Waals surface area contributed by atoms with Crippen molar-refractivity contribution in [2.45, 2.75) is 24.0 Å². The van der Waals surface area contributed by atoms with E-state index in [2.05, 4.69) is 10.3 Å². The van der Waals surface area contributed by atoms with Crippen LogP contribution in [0.25, 0.3) is 0 Å². The minimum absolute atomic E-state index is 0.424. The molecule has 156 valence electrons. The topological polar surface area (TPSA) is 117 Å². The normalized spacial score (nSPS) is 13.0. The molecule has 0 spiro atoms. The molecule has 29 heavy (non-hydrogen) atoms. The van der Waals surface area contributed by atoms with E-state index in [-0.39, 0.29) is 0 Å². The highest BCUT2D eigenvalue weighted by Crippen LogP contribution is 2.30. The predicted octanol–water partition coefficient (Wildman–Crippen LogP) is 2.57. The summed E-state index contributed by atoms with van der Waals surface area (Å²) in [5.74, 6) is -2.18. The molecule has 8 nitrogen and oxygen atoms in total. The molecule has 14 heteroatoms. The minimum Gasteiger partial charge on any atom is -0.344 e. The van der Waals surface area contributed by atoms with Crippen LogP contribution in [0.1, 0.15) is 23.1 Å². The van der Waals surface area contributed by atoms with Crippen molar-refractivity contribution >= 4 is 33.2 Å². The Bertz CT molecular complexity index is 1110. The summed E-state index contributed by atoms with van der Waals surface area (Å²) in [6.07, 6.45) is -2.94. The number of nitrogens with one attached hydrogen (secondary N) is 2. The van der Waals surface area contributed by atoms with Crippen LogP contribution in [0.5, 0.6) is 0 Å². The Morgan fingerprint density at radius 1 is 1.41 bits per heavy atom. The largest absolute Gasteiger partial charge is 0.404 e. The molecule has 2 rings (SSSR count). The van der Waals surface area contributed by atoms with Crippen molar-refractivity contribution in [1.29, 1.82) is 5.26 Å². The first-order chi connectivity index (χ1) is 13.3. The number of hydrogen-bond donors (Lipinski definition) is 2. The molecule has 2 heterocycles. The lowest BCUT2D eigenvalue weighted by atomic mass is 10.3. The van der Waals surface area contributed by atoms with E-state index in [1.807, 2.05) is 0 Å². The maximum absolute atomic E-state index is 14.0. The summed E-state index contributed by atoms with van der Waals surface area (Å²) < 4.78 is 78.9. The van der Waals surface area contributed by atoms with Gasteiger partial charge in [-0.25, -0.2) is 17.8 Å². The second kappa shape index (κ2) is 7.97. The number of aromatic nitrogens is 2. The summed E-state index contributed by atoms with van der Waals surface area (Å²) in [5, 5.41) is 10.2. The molecule has 1 atom stereocenters. The van der Waals surface area contributed by atoms with Gasteiger partial charge in [0.2, 0.25) is 10.0 Å². The number of carbonyl (C=O) groups is 1. The van der Waals surface area contributed by atoms with Crippen molar-refractivity contribution < 1.29 is 30.8 Å². The molecule has 0 saturated carbocycles. The third kappa shape index (κ3) is 4.66. The van der Waals surface area contributed by atoms with Crippen molar-refractivity contribution in [3.8, 4) is 6.07 Å². The lowest BCUT2D eigenvalue weighted by Gasteiger charge is -2.16. The highest BCUT2D eigenvalue weighted by Gasteiger charge is 2.40. The molecule has 2 N–H and O–H groups in total. The van der Waals surface area contributed by atoms with Crippen molar-refractivity contribution in [3.05, 3.63) is 40.7 Å². The summed E-state index contributed by atoms with van der Waals surface area (Å²) >= 11 is 5.93. The number of aryl methyl sites for hydroxylation is 1. The van der Waals surface area contributed by atoms with Gasteiger partial charge in [-0.3, -0.25) is 4.79 Å². The zero-order valence-electron chi connectivity index (χ0n) is 14.7. The van der Waals surface area contributed by atoms with E-state index in [1.165, 1.54) is 17.8 Å². The van der Waals surface area contributed by atoms with Crippen molar-refractivity contribution in [2.24, 2.45) is 7.05 Å². The molecule has 0 saturated heterocycles.